The SMILES string of the molecule is Nn1c(SCC(=O)Nc2cc(Cl)c(Cl)cc2Cl)nnc1C1CCCCC1. The highest BCUT2D eigenvalue weighted by molar-refractivity contribution is 7.99. The molecule has 3 rings (SSSR count). The maximum atomic E-state index is 12.2. The number of nitrogen functional groups attached to an aromatic ring is 1. The summed E-state index contributed by atoms with van der Waals surface area (Å²) in [4.78, 5) is 12.2. The largest absolute Gasteiger partial charge is 0.336 e. The average molecular weight is 435 g/mol. The maximum absolute atomic E-state index is 12.2. The number of amides is 1. The molecule has 0 unspecified atom stereocenters. The summed E-state index contributed by atoms with van der Waals surface area (Å²) in [5.41, 5.74) is 0.406. The highest BCUT2D eigenvalue weighted by Crippen LogP contribution is 2.33. The van der Waals surface area contributed by atoms with Crippen LogP contribution < -0.4 is 11.2 Å². The van der Waals surface area contributed by atoms with Crippen molar-refractivity contribution in [3.63, 3.8) is 0 Å². The van der Waals surface area contributed by atoms with Crippen LogP contribution in [0.1, 0.15) is 43.8 Å². The quantitative estimate of drug-likeness (QED) is 0.403. The van der Waals surface area contributed by atoms with Crippen LogP contribution in [-0.4, -0.2) is 26.5 Å². The fraction of sp³-hybridized carbons (Fsp3) is 0.438. The molecular weight excluding hydrogens is 417 g/mol. The Labute approximate surface area is 170 Å². The number of hydrogen-bond donors (Lipinski definition) is 2. The van der Waals surface area contributed by atoms with Crippen molar-refractivity contribution in [3.8, 4) is 0 Å². The van der Waals surface area contributed by atoms with Crippen LogP contribution in [0.25, 0.3) is 0 Å². The van der Waals surface area contributed by atoms with Gasteiger partial charge in [0.25, 0.3) is 0 Å². The molecule has 0 aliphatic heterocycles. The second kappa shape index (κ2) is 8.69. The number of thioether (sulfide) groups is 1. The van der Waals surface area contributed by atoms with Crippen LogP contribution in [0.2, 0.25) is 15.1 Å². The van der Waals surface area contributed by atoms with Gasteiger partial charge in [0.2, 0.25) is 11.1 Å². The van der Waals surface area contributed by atoms with Crippen LogP contribution >= 0.6 is 46.6 Å². The third kappa shape index (κ3) is 4.57. The summed E-state index contributed by atoms with van der Waals surface area (Å²) in [7, 11) is 0. The van der Waals surface area contributed by atoms with Gasteiger partial charge in [-0.2, -0.15) is 0 Å². The standard InChI is InChI=1S/C16H18Cl3N5OS/c17-10-6-12(19)13(7-11(10)18)21-14(25)8-26-16-23-22-15(24(16)20)9-4-2-1-3-5-9/h6-7,9H,1-5,8,20H2,(H,21,25). The third-order valence-electron chi connectivity index (χ3n) is 4.28. The number of anilines is 1. The molecule has 1 aromatic heterocycles. The Hall–Kier alpha value is -1.15. The van der Waals surface area contributed by atoms with Gasteiger partial charge in [-0.15, -0.1) is 10.2 Å². The van der Waals surface area contributed by atoms with Crippen molar-refractivity contribution in [2.24, 2.45) is 0 Å². The van der Waals surface area contributed by atoms with Gasteiger partial charge in [-0.1, -0.05) is 65.8 Å². The van der Waals surface area contributed by atoms with Crippen molar-refractivity contribution in [3.05, 3.63) is 33.0 Å². The van der Waals surface area contributed by atoms with E-state index in [0.717, 1.165) is 18.7 Å². The number of carbonyl (C=O) groups excluding carboxylic acids is 1. The number of carbonyl (C=O) groups is 1. The molecule has 0 spiro atoms. The lowest BCUT2D eigenvalue weighted by Gasteiger charge is -2.20. The zero-order chi connectivity index (χ0) is 18.7. The second-order valence-electron chi connectivity index (χ2n) is 6.13. The molecule has 1 aromatic carbocycles. The molecule has 1 aliphatic carbocycles. The van der Waals surface area contributed by atoms with Gasteiger partial charge in [-0.05, 0) is 25.0 Å². The summed E-state index contributed by atoms with van der Waals surface area (Å²) >= 11 is 19.1. The molecule has 26 heavy (non-hydrogen) atoms. The summed E-state index contributed by atoms with van der Waals surface area (Å²) in [5, 5.41) is 12.5. The molecule has 1 fully saturated rings. The van der Waals surface area contributed by atoms with Gasteiger partial charge < -0.3 is 11.2 Å². The number of benzene rings is 1. The van der Waals surface area contributed by atoms with Gasteiger partial charge in [-0.3, -0.25) is 4.79 Å². The van der Waals surface area contributed by atoms with E-state index in [1.54, 1.807) is 0 Å². The number of nitrogens with two attached hydrogens (primary N) is 1. The van der Waals surface area contributed by atoms with Gasteiger partial charge in [0, 0.05) is 5.92 Å². The lowest BCUT2D eigenvalue weighted by Crippen LogP contribution is -2.19. The second-order valence-corrected chi connectivity index (χ2v) is 8.29. The van der Waals surface area contributed by atoms with E-state index in [4.69, 9.17) is 40.6 Å². The van der Waals surface area contributed by atoms with E-state index in [1.165, 1.54) is 47.8 Å². The Kier molecular flexibility index (Phi) is 6.55. The number of rotatable bonds is 5. The van der Waals surface area contributed by atoms with Crippen LogP contribution in [0.5, 0.6) is 0 Å². The average Bonchev–Trinajstić information content (AvgIpc) is 2.99. The number of nitrogens with zero attached hydrogens (tertiary/aromatic N) is 3. The van der Waals surface area contributed by atoms with Crippen LogP contribution in [0.4, 0.5) is 5.69 Å². The molecule has 0 bridgehead atoms. The normalized spacial score (nSPS) is 15.2. The molecule has 2 aromatic rings. The first-order chi connectivity index (χ1) is 12.5. The number of aromatic nitrogens is 3. The smallest absolute Gasteiger partial charge is 0.234 e. The maximum Gasteiger partial charge on any atom is 0.234 e. The molecule has 1 saturated carbocycles. The first-order valence-corrected chi connectivity index (χ1v) is 10.3. The molecule has 10 heteroatoms. The van der Waals surface area contributed by atoms with Crippen molar-refractivity contribution in [2.75, 3.05) is 16.9 Å². The van der Waals surface area contributed by atoms with E-state index in [-0.39, 0.29) is 11.7 Å². The van der Waals surface area contributed by atoms with Gasteiger partial charge in [-0.25, -0.2) is 4.68 Å². The predicted octanol–water partition coefficient (Wildman–Crippen LogP) is 4.73. The topological polar surface area (TPSA) is 85.8 Å². The molecule has 1 amide bonds. The molecular formula is C16H18Cl3N5OS. The van der Waals surface area contributed by atoms with Crippen molar-refractivity contribution in [2.45, 2.75) is 43.2 Å². The lowest BCUT2D eigenvalue weighted by atomic mass is 9.89. The van der Waals surface area contributed by atoms with E-state index in [9.17, 15) is 4.79 Å². The summed E-state index contributed by atoms with van der Waals surface area (Å²) in [5.74, 6) is 7.13. The summed E-state index contributed by atoms with van der Waals surface area (Å²) in [6.07, 6.45) is 5.79. The molecule has 3 N–H and O–H groups in total. The van der Waals surface area contributed by atoms with Crippen LogP contribution in [0, 0.1) is 0 Å². The first kappa shape index (κ1) is 19.6. The zero-order valence-corrected chi connectivity index (χ0v) is 16.9. The Balaban J connectivity index is 1.60. The Morgan fingerprint density at radius 1 is 1.15 bits per heavy atom. The van der Waals surface area contributed by atoms with Crippen molar-refractivity contribution < 1.29 is 4.79 Å². The molecule has 0 saturated heterocycles. The van der Waals surface area contributed by atoms with Gasteiger partial charge in [0.1, 0.15) is 0 Å². The first-order valence-electron chi connectivity index (χ1n) is 8.23. The Morgan fingerprint density at radius 2 is 1.85 bits per heavy atom. The van der Waals surface area contributed by atoms with Crippen LogP contribution in [-0.2, 0) is 4.79 Å². The van der Waals surface area contributed by atoms with Gasteiger partial charge in [0.05, 0.1) is 26.5 Å². The van der Waals surface area contributed by atoms with E-state index in [0.29, 0.717) is 31.8 Å². The predicted molar refractivity (Wildman–Crippen MR) is 107 cm³/mol. The van der Waals surface area contributed by atoms with E-state index < -0.39 is 0 Å². The highest BCUT2D eigenvalue weighted by atomic mass is 35.5. The Morgan fingerprint density at radius 3 is 2.58 bits per heavy atom. The van der Waals surface area contributed by atoms with Crippen molar-refractivity contribution in [1.82, 2.24) is 14.9 Å². The minimum Gasteiger partial charge on any atom is -0.336 e. The van der Waals surface area contributed by atoms with Crippen LogP contribution in [0.15, 0.2) is 17.3 Å². The monoisotopic (exact) mass is 433 g/mol. The Bertz CT molecular complexity index is 807. The summed E-state index contributed by atoms with van der Waals surface area (Å²) < 4.78 is 1.50. The fourth-order valence-electron chi connectivity index (χ4n) is 2.96. The lowest BCUT2D eigenvalue weighted by molar-refractivity contribution is -0.113. The number of nitrogens with one attached hydrogen (secondary N) is 1. The fourth-order valence-corrected chi connectivity index (χ4v) is 4.22. The molecule has 6 nitrogen and oxygen atoms in total. The van der Waals surface area contributed by atoms with E-state index in [2.05, 4.69) is 15.5 Å². The minimum absolute atomic E-state index is 0.122. The number of halogens is 3. The summed E-state index contributed by atoms with van der Waals surface area (Å²) in [6, 6.07) is 3.00. The molecule has 0 atom stereocenters. The van der Waals surface area contributed by atoms with E-state index in [1.807, 2.05) is 0 Å². The molecule has 0 radical (unpaired) electrons. The zero-order valence-electron chi connectivity index (χ0n) is 13.8. The number of hydrogen-bond acceptors (Lipinski definition) is 5. The third-order valence-corrected chi connectivity index (χ3v) is 6.26. The molecule has 1 heterocycles. The molecule has 1 aliphatic rings. The van der Waals surface area contributed by atoms with Crippen LogP contribution in [0.3, 0.4) is 0 Å². The summed E-state index contributed by atoms with van der Waals surface area (Å²) in [6.45, 7) is 0. The van der Waals surface area contributed by atoms with E-state index >= 15 is 0 Å². The highest BCUT2D eigenvalue weighted by Gasteiger charge is 2.23. The van der Waals surface area contributed by atoms with Crippen molar-refractivity contribution in [1.29, 1.82) is 0 Å². The minimum atomic E-state index is -0.252. The molecule has 140 valence electrons. The van der Waals surface area contributed by atoms with Gasteiger partial charge >= 0.3 is 0 Å². The van der Waals surface area contributed by atoms with Gasteiger partial charge in [0.15, 0.2) is 5.82 Å². The van der Waals surface area contributed by atoms with Crippen molar-refractivity contribution >= 4 is 58.2 Å².